The van der Waals surface area contributed by atoms with E-state index in [4.69, 9.17) is 15.1 Å². The monoisotopic (exact) mass is 225 g/mol. The lowest BCUT2D eigenvalue weighted by molar-refractivity contribution is -0.147. The Kier molecular flexibility index (Phi) is 3.43. The van der Waals surface area contributed by atoms with E-state index in [1.54, 1.807) is 6.07 Å². The highest BCUT2D eigenvalue weighted by atomic mass is 19.1. The molecular formula is C10H8FNO4. The van der Waals surface area contributed by atoms with E-state index in [2.05, 4.69) is 0 Å². The second kappa shape index (κ2) is 4.59. The van der Waals surface area contributed by atoms with Crippen molar-refractivity contribution < 1.29 is 24.1 Å². The Labute approximate surface area is 90.3 Å². The third kappa shape index (κ3) is 1.94. The molecule has 0 amide bonds. The smallest absolute Gasteiger partial charge is 0.337 e. The number of ether oxygens (including phenoxy) is 1. The minimum Gasteiger partial charge on any atom is -0.495 e. The van der Waals surface area contributed by atoms with Crippen LogP contribution < -0.4 is 4.74 Å². The maximum atomic E-state index is 13.3. The first-order valence-electron chi connectivity index (χ1n) is 4.20. The lowest BCUT2D eigenvalue weighted by Crippen LogP contribution is -2.14. The molecule has 5 nitrogen and oxygen atoms in total. The molecule has 1 atom stereocenters. The zero-order valence-electron chi connectivity index (χ0n) is 8.27. The molecular weight excluding hydrogens is 217 g/mol. The van der Waals surface area contributed by atoms with Gasteiger partial charge < -0.3 is 14.9 Å². The van der Waals surface area contributed by atoms with E-state index >= 15 is 0 Å². The van der Waals surface area contributed by atoms with E-state index in [-0.39, 0.29) is 11.3 Å². The summed E-state index contributed by atoms with van der Waals surface area (Å²) in [5, 5.41) is 26.6. The summed E-state index contributed by atoms with van der Waals surface area (Å²) < 4.78 is 18.1. The zero-order chi connectivity index (χ0) is 12.3. The van der Waals surface area contributed by atoms with E-state index < -0.39 is 23.5 Å². The summed E-state index contributed by atoms with van der Waals surface area (Å²) in [6.45, 7) is 0. The van der Waals surface area contributed by atoms with Crippen LogP contribution in [0.2, 0.25) is 0 Å². The molecule has 0 aliphatic carbocycles. The number of aliphatic hydroxyl groups excluding tert-OH is 1. The predicted molar refractivity (Wildman–Crippen MR) is 50.3 cm³/mol. The van der Waals surface area contributed by atoms with E-state index in [1.165, 1.54) is 13.2 Å². The third-order valence-corrected chi connectivity index (χ3v) is 1.99. The van der Waals surface area contributed by atoms with Gasteiger partial charge in [0.1, 0.15) is 23.2 Å². The van der Waals surface area contributed by atoms with Crippen molar-refractivity contribution in [3.63, 3.8) is 0 Å². The molecule has 0 aliphatic heterocycles. The number of nitriles is 1. The molecule has 0 radical (unpaired) electrons. The van der Waals surface area contributed by atoms with E-state index in [1.807, 2.05) is 0 Å². The van der Waals surface area contributed by atoms with Crippen molar-refractivity contribution in [2.24, 2.45) is 0 Å². The number of rotatable bonds is 3. The molecule has 0 fully saturated rings. The van der Waals surface area contributed by atoms with Crippen molar-refractivity contribution in [2.75, 3.05) is 7.11 Å². The quantitative estimate of drug-likeness (QED) is 0.794. The molecule has 0 saturated heterocycles. The fourth-order valence-corrected chi connectivity index (χ4v) is 1.25. The summed E-state index contributed by atoms with van der Waals surface area (Å²) in [7, 11) is 1.25. The Morgan fingerprint density at radius 3 is 2.69 bits per heavy atom. The fourth-order valence-electron chi connectivity index (χ4n) is 1.25. The van der Waals surface area contributed by atoms with Crippen molar-refractivity contribution >= 4 is 5.97 Å². The first-order chi connectivity index (χ1) is 7.52. The molecule has 0 aliphatic rings. The Morgan fingerprint density at radius 1 is 1.62 bits per heavy atom. The van der Waals surface area contributed by atoms with Crippen molar-refractivity contribution in [3.05, 3.63) is 29.1 Å². The number of methoxy groups -OCH3 is 1. The summed E-state index contributed by atoms with van der Waals surface area (Å²) in [4.78, 5) is 10.6. The van der Waals surface area contributed by atoms with Crippen molar-refractivity contribution in [1.29, 1.82) is 5.26 Å². The van der Waals surface area contributed by atoms with Gasteiger partial charge in [-0.15, -0.1) is 0 Å². The molecule has 0 saturated carbocycles. The van der Waals surface area contributed by atoms with Gasteiger partial charge in [-0.2, -0.15) is 5.26 Å². The van der Waals surface area contributed by atoms with Crippen molar-refractivity contribution in [2.45, 2.75) is 6.10 Å². The minimum absolute atomic E-state index is 0.0131. The van der Waals surface area contributed by atoms with Gasteiger partial charge in [-0.25, -0.2) is 9.18 Å². The molecule has 0 aromatic heterocycles. The van der Waals surface area contributed by atoms with Crippen LogP contribution >= 0.6 is 0 Å². The molecule has 1 rings (SSSR count). The summed E-state index contributed by atoms with van der Waals surface area (Å²) in [6.07, 6.45) is -2.09. The first-order valence-corrected chi connectivity index (χ1v) is 4.20. The van der Waals surface area contributed by atoms with Crippen LogP contribution in [0.3, 0.4) is 0 Å². The standard InChI is InChI=1S/C10H8FNO4/c1-16-7-3-2-6(11)8(5(7)4-12)9(13)10(14)15/h2-3,9,13H,1H3,(H,14,15). The van der Waals surface area contributed by atoms with Crippen molar-refractivity contribution in [1.82, 2.24) is 0 Å². The van der Waals surface area contributed by atoms with Crippen LogP contribution in [0.4, 0.5) is 4.39 Å². The molecule has 16 heavy (non-hydrogen) atoms. The SMILES string of the molecule is COc1ccc(F)c(C(O)C(=O)O)c1C#N. The van der Waals surface area contributed by atoms with Gasteiger partial charge in [-0.05, 0) is 12.1 Å². The van der Waals surface area contributed by atoms with E-state index in [9.17, 15) is 14.3 Å². The maximum Gasteiger partial charge on any atom is 0.337 e. The fraction of sp³-hybridized carbons (Fsp3) is 0.200. The maximum absolute atomic E-state index is 13.3. The van der Waals surface area contributed by atoms with Crippen LogP contribution in [0.1, 0.15) is 17.2 Å². The first kappa shape index (κ1) is 11.9. The van der Waals surface area contributed by atoms with Gasteiger partial charge in [0.25, 0.3) is 0 Å². The normalized spacial score (nSPS) is 11.6. The summed E-state index contributed by atoms with van der Waals surface area (Å²) in [5.74, 6) is -2.59. The number of carboxylic acids is 1. The molecule has 1 aromatic rings. The highest BCUT2D eigenvalue weighted by Gasteiger charge is 2.26. The Balaban J connectivity index is 3.47. The lowest BCUT2D eigenvalue weighted by Gasteiger charge is -2.11. The lowest BCUT2D eigenvalue weighted by atomic mass is 10.0. The van der Waals surface area contributed by atoms with Gasteiger partial charge >= 0.3 is 5.97 Å². The summed E-state index contributed by atoms with van der Waals surface area (Å²) >= 11 is 0. The van der Waals surface area contributed by atoms with Gasteiger partial charge in [0.15, 0.2) is 6.10 Å². The van der Waals surface area contributed by atoms with Crippen molar-refractivity contribution in [3.8, 4) is 11.8 Å². The van der Waals surface area contributed by atoms with Gasteiger partial charge in [0.05, 0.1) is 7.11 Å². The van der Waals surface area contributed by atoms with Gasteiger partial charge in [0, 0.05) is 5.56 Å². The summed E-state index contributed by atoms with van der Waals surface area (Å²) in [5.41, 5.74) is -0.910. The molecule has 0 bridgehead atoms. The number of hydrogen-bond donors (Lipinski definition) is 2. The Morgan fingerprint density at radius 2 is 2.25 bits per heavy atom. The Hall–Kier alpha value is -2.13. The molecule has 6 heteroatoms. The largest absolute Gasteiger partial charge is 0.495 e. The van der Waals surface area contributed by atoms with Gasteiger partial charge in [0.2, 0.25) is 0 Å². The van der Waals surface area contributed by atoms with Crippen LogP contribution in [-0.2, 0) is 4.79 Å². The van der Waals surface area contributed by atoms with Gasteiger partial charge in [-0.1, -0.05) is 0 Å². The second-order valence-corrected chi connectivity index (χ2v) is 2.89. The number of aliphatic hydroxyl groups is 1. The predicted octanol–water partition coefficient (Wildman–Crippen LogP) is 0.824. The molecule has 0 heterocycles. The second-order valence-electron chi connectivity index (χ2n) is 2.89. The van der Waals surface area contributed by atoms with Crippen LogP contribution in [0.15, 0.2) is 12.1 Å². The molecule has 2 N–H and O–H groups in total. The molecule has 1 aromatic carbocycles. The number of nitrogens with zero attached hydrogens (tertiary/aromatic N) is 1. The van der Waals surface area contributed by atoms with Gasteiger partial charge in [-0.3, -0.25) is 0 Å². The molecule has 0 spiro atoms. The highest BCUT2D eigenvalue weighted by molar-refractivity contribution is 5.76. The topological polar surface area (TPSA) is 90.6 Å². The average Bonchev–Trinajstić information content (AvgIpc) is 2.27. The molecule has 84 valence electrons. The summed E-state index contributed by atoms with van der Waals surface area (Å²) in [6, 6.07) is 3.72. The number of aliphatic carboxylic acids is 1. The number of benzene rings is 1. The number of hydrogen-bond acceptors (Lipinski definition) is 4. The van der Waals surface area contributed by atoms with E-state index in [0.717, 1.165) is 6.07 Å². The van der Waals surface area contributed by atoms with Crippen LogP contribution in [0, 0.1) is 17.1 Å². The average molecular weight is 225 g/mol. The zero-order valence-corrected chi connectivity index (χ0v) is 8.27. The number of carboxylic acid groups (broad SMARTS) is 1. The van der Waals surface area contributed by atoms with E-state index in [0.29, 0.717) is 0 Å². The highest BCUT2D eigenvalue weighted by Crippen LogP contribution is 2.28. The molecule has 1 unspecified atom stereocenters. The number of carbonyl (C=O) groups is 1. The van der Waals surface area contributed by atoms with Crippen LogP contribution in [0.25, 0.3) is 0 Å². The Bertz CT molecular complexity index is 467. The van der Waals surface area contributed by atoms with Crippen LogP contribution in [0.5, 0.6) is 5.75 Å². The number of halogens is 1. The third-order valence-electron chi connectivity index (χ3n) is 1.99. The van der Waals surface area contributed by atoms with Crippen LogP contribution in [-0.4, -0.2) is 23.3 Å². The minimum atomic E-state index is -2.09.